The molecule has 1 aromatic rings. The Kier molecular flexibility index (Phi) is 4.31. The van der Waals surface area contributed by atoms with E-state index < -0.39 is 5.82 Å². The van der Waals surface area contributed by atoms with Gasteiger partial charge in [0.1, 0.15) is 5.82 Å². The Balaban J connectivity index is 2.10. The maximum atomic E-state index is 13.5. The molecule has 0 radical (unpaired) electrons. The molecular formula is C14H18FNO2. The van der Waals surface area contributed by atoms with E-state index in [-0.39, 0.29) is 5.56 Å². The summed E-state index contributed by atoms with van der Waals surface area (Å²) in [6.45, 7) is 4.32. The molecule has 98 valence electrons. The predicted molar refractivity (Wildman–Crippen MR) is 68.6 cm³/mol. The van der Waals surface area contributed by atoms with Crippen LogP contribution < -0.4 is 4.90 Å². The van der Waals surface area contributed by atoms with Crippen molar-refractivity contribution in [3.8, 4) is 0 Å². The molecule has 0 aromatic heterocycles. The fourth-order valence-corrected chi connectivity index (χ4v) is 2.42. The van der Waals surface area contributed by atoms with Crippen molar-refractivity contribution in [3.63, 3.8) is 0 Å². The van der Waals surface area contributed by atoms with E-state index in [0.29, 0.717) is 18.1 Å². The molecule has 1 fully saturated rings. The van der Waals surface area contributed by atoms with Crippen molar-refractivity contribution in [2.24, 2.45) is 0 Å². The van der Waals surface area contributed by atoms with Crippen LogP contribution >= 0.6 is 0 Å². The number of rotatable bonds is 4. The number of aldehydes is 1. The van der Waals surface area contributed by atoms with E-state index in [1.807, 2.05) is 6.92 Å². The Morgan fingerprint density at radius 3 is 2.78 bits per heavy atom. The number of piperidine rings is 1. The number of ether oxygens (including phenoxy) is 1. The minimum atomic E-state index is -0.450. The molecular weight excluding hydrogens is 233 g/mol. The van der Waals surface area contributed by atoms with E-state index in [2.05, 4.69) is 4.90 Å². The maximum absolute atomic E-state index is 13.5. The molecule has 1 aliphatic rings. The van der Waals surface area contributed by atoms with Gasteiger partial charge in [0.05, 0.1) is 17.4 Å². The Morgan fingerprint density at radius 2 is 2.17 bits per heavy atom. The first-order valence-corrected chi connectivity index (χ1v) is 6.36. The molecule has 2 rings (SSSR count). The van der Waals surface area contributed by atoms with Gasteiger partial charge < -0.3 is 9.64 Å². The topological polar surface area (TPSA) is 29.5 Å². The zero-order valence-corrected chi connectivity index (χ0v) is 10.6. The second-order valence-corrected chi connectivity index (χ2v) is 4.43. The van der Waals surface area contributed by atoms with Crippen LogP contribution in [-0.2, 0) is 4.74 Å². The highest BCUT2D eigenvalue weighted by atomic mass is 19.1. The molecule has 0 spiro atoms. The van der Waals surface area contributed by atoms with Crippen molar-refractivity contribution in [1.29, 1.82) is 0 Å². The fraction of sp³-hybridized carbons (Fsp3) is 0.500. The molecule has 1 saturated heterocycles. The van der Waals surface area contributed by atoms with Crippen LogP contribution in [0.5, 0.6) is 0 Å². The summed E-state index contributed by atoms with van der Waals surface area (Å²) in [5.74, 6) is -0.450. The quantitative estimate of drug-likeness (QED) is 0.770. The van der Waals surface area contributed by atoms with Crippen molar-refractivity contribution < 1.29 is 13.9 Å². The average Bonchev–Trinajstić information content (AvgIpc) is 2.40. The van der Waals surface area contributed by atoms with Crippen LogP contribution in [0.2, 0.25) is 0 Å². The van der Waals surface area contributed by atoms with Gasteiger partial charge in [-0.05, 0) is 31.9 Å². The summed E-state index contributed by atoms with van der Waals surface area (Å²) in [6.07, 6.45) is 2.73. The first kappa shape index (κ1) is 13.0. The Labute approximate surface area is 107 Å². The smallest absolute Gasteiger partial charge is 0.155 e. The number of hydrogen-bond donors (Lipinski definition) is 0. The summed E-state index contributed by atoms with van der Waals surface area (Å²) >= 11 is 0. The van der Waals surface area contributed by atoms with Gasteiger partial charge in [-0.1, -0.05) is 6.07 Å². The van der Waals surface area contributed by atoms with Gasteiger partial charge >= 0.3 is 0 Å². The number of benzene rings is 1. The highest BCUT2D eigenvalue weighted by Gasteiger charge is 2.22. The monoisotopic (exact) mass is 251 g/mol. The van der Waals surface area contributed by atoms with Gasteiger partial charge in [0.25, 0.3) is 0 Å². The van der Waals surface area contributed by atoms with Crippen LogP contribution in [0.4, 0.5) is 10.1 Å². The normalized spacial score (nSPS) is 16.9. The number of anilines is 1. The standard InChI is InChI=1S/C14H18FNO2/c1-2-18-11-6-8-16(9-7-11)14-5-3-4-13(15)12(14)10-17/h3-5,10-11H,2,6-9H2,1H3. The van der Waals surface area contributed by atoms with Gasteiger partial charge in [-0.3, -0.25) is 4.79 Å². The van der Waals surface area contributed by atoms with Gasteiger partial charge in [-0.2, -0.15) is 0 Å². The third-order valence-corrected chi connectivity index (χ3v) is 3.33. The third-order valence-electron chi connectivity index (χ3n) is 3.33. The Hall–Kier alpha value is -1.42. The molecule has 0 bridgehead atoms. The zero-order valence-electron chi connectivity index (χ0n) is 10.6. The van der Waals surface area contributed by atoms with Gasteiger partial charge in [-0.15, -0.1) is 0 Å². The molecule has 4 heteroatoms. The van der Waals surface area contributed by atoms with Gasteiger partial charge in [0.15, 0.2) is 6.29 Å². The van der Waals surface area contributed by atoms with E-state index >= 15 is 0 Å². The van der Waals surface area contributed by atoms with Crippen LogP contribution in [0.1, 0.15) is 30.1 Å². The second kappa shape index (κ2) is 5.96. The van der Waals surface area contributed by atoms with Crippen molar-refractivity contribution in [2.45, 2.75) is 25.9 Å². The zero-order chi connectivity index (χ0) is 13.0. The SMILES string of the molecule is CCOC1CCN(c2cccc(F)c2C=O)CC1. The molecule has 0 saturated carbocycles. The predicted octanol–water partition coefficient (Wildman–Crippen LogP) is 2.64. The van der Waals surface area contributed by atoms with Crippen LogP contribution in [0.15, 0.2) is 18.2 Å². The van der Waals surface area contributed by atoms with E-state index in [1.165, 1.54) is 6.07 Å². The van der Waals surface area contributed by atoms with Gasteiger partial charge in [-0.25, -0.2) is 4.39 Å². The Morgan fingerprint density at radius 1 is 1.44 bits per heavy atom. The summed E-state index contributed by atoms with van der Waals surface area (Å²) in [5, 5.41) is 0. The lowest BCUT2D eigenvalue weighted by Gasteiger charge is -2.34. The molecule has 0 atom stereocenters. The largest absolute Gasteiger partial charge is 0.378 e. The first-order chi connectivity index (χ1) is 8.76. The highest BCUT2D eigenvalue weighted by molar-refractivity contribution is 5.85. The van der Waals surface area contributed by atoms with Crippen LogP contribution in [0.25, 0.3) is 0 Å². The van der Waals surface area contributed by atoms with Crippen LogP contribution in [0, 0.1) is 5.82 Å². The first-order valence-electron chi connectivity index (χ1n) is 6.36. The minimum absolute atomic E-state index is 0.160. The molecule has 0 N–H and O–H groups in total. The van der Waals surface area contributed by atoms with E-state index in [1.54, 1.807) is 12.1 Å². The number of carbonyl (C=O) groups is 1. The molecule has 1 aliphatic heterocycles. The number of carbonyl (C=O) groups excluding carboxylic acids is 1. The molecule has 0 amide bonds. The van der Waals surface area contributed by atoms with E-state index in [9.17, 15) is 9.18 Å². The third kappa shape index (κ3) is 2.70. The van der Waals surface area contributed by atoms with Crippen molar-refractivity contribution in [3.05, 3.63) is 29.6 Å². The lowest BCUT2D eigenvalue weighted by Crippen LogP contribution is -2.37. The summed E-state index contributed by atoms with van der Waals surface area (Å²) in [7, 11) is 0. The highest BCUT2D eigenvalue weighted by Crippen LogP contribution is 2.25. The lowest BCUT2D eigenvalue weighted by atomic mass is 10.0. The van der Waals surface area contributed by atoms with Gasteiger partial charge in [0.2, 0.25) is 0 Å². The molecule has 18 heavy (non-hydrogen) atoms. The number of nitrogens with zero attached hydrogens (tertiary/aromatic N) is 1. The fourth-order valence-electron chi connectivity index (χ4n) is 2.42. The summed E-state index contributed by atoms with van der Waals surface area (Å²) in [5.41, 5.74) is 0.854. The summed E-state index contributed by atoms with van der Waals surface area (Å²) in [4.78, 5) is 13.0. The lowest BCUT2D eigenvalue weighted by molar-refractivity contribution is 0.0459. The number of halogens is 1. The van der Waals surface area contributed by atoms with E-state index in [0.717, 1.165) is 32.5 Å². The molecule has 1 heterocycles. The maximum Gasteiger partial charge on any atom is 0.155 e. The molecule has 0 aliphatic carbocycles. The van der Waals surface area contributed by atoms with Crippen molar-refractivity contribution >= 4 is 12.0 Å². The van der Waals surface area contributed by atoms with Gasteiger partial charge in [0, 0.05) is 19.7 Å². The van der Waals surface area contributed by atoms with E-state index in [4.69, 9.17) is 4.74 Å². The Bertz CT molecular complexity index is 414. The number of hydrogen-bond acceptors (Lipinski definition) is 3. The second-order valence-electron chi connectivity index (χ2n) is 4.43. The average molecular weight is 251 g/mol. The molecule has 3 nitrogen and oxygen atoms in total. The van der Waals surface area contributed by atoms with Crippen LogP contribution in [-0.4, -0.2) is 32.1 Å². The van der Waals surface area contributed by atoms with Crippen molar-refractivity contribution in [1.82, 2.24) is 0 Å². The summed E-state index contributed by atoms with van der Waals surface area (Å²) < 4.78 is 19.1. The van der Waals surface area contributed by atoms with Crippen LogP contribution in [0.3, 0.4) is 0 Å². The molecule has 1 aromatic carbocycles. The van der Waals surface area contributed by atoms with Crippen molar-refractivity contribution in [2.75, 3.05) is 24.6 Å². The minimum Gasteiger partial charge on any atom is -0.378 e. The molecule has 0 unspecified atom stereocenters. The summed E-state index contributed by atoms with van der Waals surface area (Å²) in [6, 6.07) is 4.76.